The number of nitrogens with zero attached hydrogens (tertiary/aromatic N) is 1. The molecule has 0 atom stereocenters. The minimum absolute atomic E-state index is 0.00897. The van der Waals surface area contributed by atoms with Gasteiger partial charge in [-0.3, -0.25) is 4.79 Å². The van der Waals surface area contributed by atoms with Crippen LogP contribution in [0.15, 0.2) is 29.3 Å². The maximum Gasteiger partial charge on any atom is 0.236 e. The molecule has 2 rings (SSSR count). The minimum Gasteiger partial charge on any atom is -0.494 e. The summed E-state index contributed by atoms with van der Waals surface area (Å²) >= 11 is 1.42. The molecule has 0 aliphatic carbocycles. The molecule has 0 unspecified atom stereocenters. The number of amidine groups is 1. The second-order valence-electron chi connectivity index (χ2n) is 3.18. The van der Waals surface area contributed by atoms with Crippen LogP contribution < -0.4 is 10.1 Å². The number of benzene rings is 1. The molecule has 1 fully saturated rings. The quantitative estimate of drug-likeness (QED) is 0.872. The summed E-state index contributed by atoms with van der Waals surface area (Å²) in [5, 5.41) is 3.35. The van der Waals surface area contributed by atoms with E-state index in [2.05, 4.69) is 10.3 Å². The predicted octanol–water partition coefficient (Wildman–Crippen LogP) is 1.94. The zero-order chi connectivity index (χ0) is 11.4. The van der Waals surface area contributed by atoms with Crippen LogP contribution in [-0.2, 0) is 4.79 Å². The van der Waals surface area contributed by atoms with Gasteiger partial charge in [-0.05, 0) is 31.2 Å². The molecule has 1 aliphatic heterocycles. The van der Waals surface area contributed by atoms with Crippen molar-refractivity contribution in [1.82, 2.24) is 5.32 Å². The van der Waals surface area contributed by atoms with Crippen LogP contribution in [0.2, 0.25) is 0 Å². The summed E-state index contributed by atoms with van der Waals surface area (Å²) in [7, 11) is 0. The first-order chi connectivity index (χ1) is 7.78. The Hall–Kier alpha value is -1.49. The number of carbonyl (C=O) groups is 1. The average Bonchev–Trinajstić information content (AvgIpc) is 2.67. The Bertz CT molecular complexity index is 414. The van der Waals surface area contributed by atoms with Gasteiger partial charge in [0.05, 0.1) is 18.0 Å². The molecule has 16 heavy (non-hydrogen) atoms. The van der Waals surface area contributed by atoms with Crippen LogP contribution in [0.5, 0.6) is 5.75 Å². The molecule has 1 N–H and O–H groups in total. The van der Waals surface area contributed by atoms with E-state index in [-0.39, 0.29) is 5.91 Å². The van der Waals surface area contributed by atoms with Gasteiger partial charge in [0.1, 0.15) is 5.75 Å². The second kappa shape index (κ2) is 5.03. The van der Waals surface area contributed by atoms with Gasteiger partial charge in [0.15, 0.2) is 5.17 Å². The molecule has 1 aromatic carbocycles. The Balaban J connectivity index is 2.07. The van der Waals surface area contributed by atoms with Crippen LogP contribution in [0.1, 0.15) is 6.92 Å². The van der Waals surface area contributed by atoms with E-state index < -0.39 is 0 Å². The molecule has 1 aliphatic rings. The number of amides is 1. The first kappa shape index (κ1) is 11.0. The highest BCUT2D eigenvalue weighted by Gasteiger charge is 2.16. The maximum atomic E-state index is 11.0. The standard InChI is InChI=1S/C11H12N2O2S/c1-2-15-9-5-3-8(4-6-9)12-11-13-10(14)7-16-11/h3-6H,2,7H2,1H3,(H,12,13,14). The summed E-state index contributed by atoms with van der Waals surface area (Å²) in [5.74, 6) is 1.29. The summed E-state index contributed by atoms with van der Waals surface area (Å²) in [4.78, 5) is 15.3. The zero-order valence-electron chi connectivity index (χ0n) is 8.90. The Morgan fingerprint density at radius 3 is 2.75 bits per heavy atom. The van der Waals surface area contributed by atoms with Crippen molar-refractivity contribution in [2.24, 2.45) is 4.99 Å². The molecular weight excluding hydrogens is 224 g/mol. The number of ether oxygens (including phenoxy) is 1. The summed E-state index contributed by atoms with van der Waals surface area (Å²) in [6.45, 7) is 2.60. The van der Waals surface area contributed by atoms with Gasteiger partial charge < -0.3 is 10.1 Å². The number of aliphatic imine (C=N–C) groups is 1. The van der Waals surface area contributed by atoms with E-state index in [1.54, 1.807) is 0 Å². The highest BCUT2D eigenvalue weighted by Crippen LogP contribution is 2.20. The molecule has 5 heteroatoms. The second-order valence-corrected chi connectivity index (χ2v) is 4.14. The van der Waals surface area contributed by atoms with E-state index in [0.717, 1.165) is 11.4 Å². The van der Waals surface area contributed by atoms with Crippen molar-refractivity contribution in [3.8, 4) is 5.75 Å². The van der Waals surface area contributed by atoms with Gasteiger partial charge in [0.25, 0.3) is 0 Å². The van der Waals surface area contributed by atoms with Crippen molar-refractivity contribution in [1.29, 1.82) is 0 Å². The van der Waals surface area contributed by atoms with Gasteiger partial charge in [-0.25, -0.2) is 4.99 Å². The number of hydrogen-bond acceptors (Lipinski definition) is 4. The molecule has 1 saturated heterocycles. The van der Waals surface area contributed by atoms with Crippen molar-refractivity contribution < 1.29 is 9.53 Å². The Morgan fingerprint density at radius 2 is 2.19 bits per heavy atom. The van der Waals surface area contributed by atoms with Crippen molar-refractivity contribution >= 4 is 28.5 Å². The lowest BCUT2D eigenvalue weighted by atomic mass is 10.3. The number of nitrogens with one attached hydrogen (secondary N) is 1. The molecule has 84 valence electrons. The minimum atomic E-state index is 0.00897. The van der Waals surface area contributed by atoms with Crippen LogP contribution in [0.4, 0.5) is 5.69 Å². The van der Waals surface area contributed by atoms with Crippen LogP contribution >= 0.6 is 11.8 Å². The molecule has 0 aromatic heterocycles. The molecule has 1 amide bonds. The van der Waals surface area contributed by atoms with Gasteiger partial charge in [0, 0.05) is 0 Å². The van der Waals surface area contributed by atoms with Crippen molar-refractivity contribution in [2.75, 3.05) is 12.4 Å². The van der Waals surface area contributed by atoms with E-state index in [9.17, 15) is 4.79 Å². The lowest BCUT2D eigenvalue weighted by Gasteiger charge is -2.02. The topological polar surface area (TPSA) is 50.7 Å². The summed E-state index contributed by atoms with van der Waals surface area (Å²) in [5.41, 5.74) is 0.813. The fourth-order valence-corrected chi connectivity index (χ4v) is 1.98. The lowest BCUT2D eigenvalue weighted by molar-refractivity contribution is -0.116. The van der Waals surface area contributed by atoms with Crippen LogP contribution in [0.25, 0.3) is 0 Å². The SMILES string of the molecule is CCOc1ccc(N=C2NC(=O)CS2)cc1. The van der Waals surface area contributed by atoms with Gasteiger partial charge in [-0.2, -0.15) is 0 Å². The van der Waals surface area contributed by atoms with E-state index in [0.29, 0.717) is 17.5 Å². The smallest absolute Gasteiger partial charge is 0.236 e. The van der Waals surface area contributed by atoms with Crippen molar-refractivity contribution in [2.45, 2.75) is 6.92 Å². The van der Waals surface area contributed by atoms with Gasteiger partial charge >= 0.3 is 0 Å². The summed E-state index contributed by atoms with van der Waals surface area (Å²) < 4.78 is 5.32. The summed E-state index contributed by atoms with van der Waals surface area (Å²) in [6.07, 6.45) is 0. The molecule has 1 aromatic rings. The number of thioether (sulfide) groups is 1. The Morgan fingerprint density at radius 1 is 1.44 bits per heavy atom. The van der Waals surface area contributed by atoms with Crippen LogP contribution in [0, 0.1) is 0 Å². The van der Waals surface area contributed by atoms with Gasteiger partial charge in [-0.15, -0.1) is 0 Å². The van der Waals surface area contributed by atoms with E-state index in [4.69, 9.17) is 4.74 Å². The van der Waals surface area contributed by atoms with E-state index >= 15 is 0 Å². The monoisotopic (exact) mass is 236 g/mol. The van der Waals surface area contributed by atoms with E-state index in [1.807, 2.05) is 31.2 Å². The number of rotatable bonds is 3. The fourth-order valence-electron chi connectivity index (χ4n) is 1.29. The predicted molar refractivity (Wildman–Crippen MR) is 65.3 cm³/mol. The zero-order valence-corrected chi connectivity index (χ0v) is 9.71. The molecule has 0 bridgehead atoms. The van der Waals surface area contributed by atoms with Crippen molar-refractivity contribution in [3.05, 3.63) is 24.3 Å². The van der Waals surface area contributed by atoms with Crippen molar-refractivity contribution in [3.63, 3.8) is 0 Å². The number of hydrogen-bond donors (Lipinski definition) is 1. The molecule has 0 saturated carbocycles. The summed E-state index contributed by atoms with van der Waals surface area (Å²) in [6, 6.07) is 7.46. The first-order valence-corrected chi connectivity index (χ1v) is 6.00. The highest BCUT2D eigenvalue weighted by molar-refractivity contribution is 8.15. The van der Waals surface area contributed by atoms with Crippen LogP contribution in [0.3, 0.4) is 0 Å². The largest absolute Gasteiger partial charge is 0.494 e. The fraction of sp³-hybridized carbons (Fsp3) is 0.273. The molecular formula is C11H12N2O2S. The third-order valence-corrected chi connectivity index (χ3v) is 2.84. The highest BCUT2D eigenvalue weighted by atomic mass is 32.2. The van der Waals surface area contributed by atoms with Gasteiger partial charge in [-0.1, -0.05) is 11.8 Å². The lowest BCUT2D eigenvalue weighted by Crippen LogP contribution is -2.19. The number of carbonyl (C=O) groups excluding carboxylic acids is 1. The third kappa shape index (κ3) is 2.76. The maximum absolute atomic E-state index is 11.0. The third-order valence-electron chi connectivity index (χ3n) is 1.96. The first-order valence-electron chi connectivity index (χ1n) is 5.02. The van der Waals surface area contributed by atoms with E-state index in [1.165, 1.54) is 11.8 Å². The molecule has 0 radical (unpaired) electrons. The normalized spacial score (nSPS) is 17.6. The Labute approximate surface area is 98.1 Å². The van der Waals surface area contributed by atoms with Crippen LogP contribution in [-0.4, -0.2) is 23.4 Å². The molecule has 0 spiro atoms. The van der Waals surface area contributed by atoms with Gasteiger partial charge in [0.2, 0.25) is 5.91 Å². The average molecular weight is 236 g/mol. The molecule has 1 heterocycles. The molecule has 4 nitrogen and oxygen atoms in total. The Kier molecular flexibility index (Phi) is 3.46.